The molecule has 4 rings (SSSR count). The Morgan fingerprint density at radius 3 is 2.60 bits per heavy atom. The highest BCUT2D eigenvalue weighted by molar-refractivity contribution is 7.90. The maximum Gasteiger partial charge on any atom is 0.264 e. The summed E-state index contributed by atoms with van der Waals surface area (Å²) in [4.78, 5) is 25.7. The molecule has 1 aliphatic heterocycles. The van der Waals surface area contributed by atoms with Crippen LogP contribution in [0.5, 0.6) is 5.75 Å². The Kier molecular flexibility index (Phi) is 7.09. The highest BCUT2D eigenvalue weighted by Crippen LogP contribution is 2.57. The maximum absolute atomic E-state index is 13.2. The maximum atomic E-state index is 13.2. The number of sulfonamides is 1. The molecule has 184 valence electrons. The number of carbonyl (C=O) groups is 2. The molecule has 2 aromatic carbocycles. The van der Waals surface area contributed by atoms with Crippen LogP contribution in [0.2, 0.25) is 0 Å². The first-order valence-corrected chi connectivity index (χ1v) is 12.9. The summed E-state index contributed by atoms with van der Waals surface area (Å²) in [6.45, 7) is 9.23. The molecule has 2 aromatic rings. The molecular weight excluding hydrogens is 466 g/mol. The van der Waals surface area contributed by atoms with Crippen molar-refractivity contribution >= 4 is 21.8 Å². The van der Waals surface area contributed by atoms with Gasteiger partial charge in [0.05, 0.1) is 16.2 Å². The van der Waals surface area contributed by atoms with Gasteiger partial charge in [-0.05, 0) is 43.0 Å². The zero-order chi connectivity index (χ0) is 25.1. The van der Waals surface area contributed by atoms with Gasteiger partial charge in [0.15, 0.2) is 0 Å². The van der Waals surface area contributed by atoms with Crippen LogP contribution in [0.4, 0.5) is 0 Å². The standard InChI is InChI=1S/C26H29N3O5S/c1-3-21-15-26(21,18(2)28-24(30)20-12-13-27-16-20)25(31)29-35(32,33)23-11-7-10-22(14-23)34-17-19-8-5-4-6-9-19/h3-11,14,20-21,27H,1-2,12-13,15-17H2,(H,28,30)(H,29,31)/t20-,21+,26+/m0/s1. The molecule has 1 saturated heterocycles. The third-order valence-corrected chi connectivity index (χ3v) is 7.87. The molecule has 0 radical (unpaired) electrons. The molecule has 1 heterocycles. The Hall–Kier alpha value is -3.43. The molecule has 1 saturated carbocycles. The number of benzene rings is 2. The van der Waals surface area contributed by atoms with Crippen LogP contribution in [-0.2, 0) is 26.2 Å². The summed E-state index contributed by atoms with van der Waals surface area (Å²) in [6, 6.07) is 15.4. The van der Waals surface area contributed by atoms with Gasteiger partial charge in [0.25, 0.3) is 10.0 Å². The molecule has 8 nitrogen and oxygen atoms in total. The number of amides is 2. The SMILES string of the molecule is C=C[C@@H]1C[C@]1(C(=C)NC(=O)[C@H]1CCNC1)C(=O)NS(=O)(=O)c1cccc(OCc2ccccc2)c1. The summed E-state index contributed by atoms with van der Waals surface area (Å²) >= 11 is 0. The minimum Gasteiger partial charge on any atom is -0.489 e. The van der Waals surface area contributed by atoms with Crippen molar-refractivity contribution in [1.29, 1.82) is 0 Å². The van der Waals surface area contributed by atoms with Gasteiger partial charge in [-0.25, -0.2) is 13.1 Å². The van der Waals surface area contributed by atoms with Crippen LogP contribution >= 0.6 is 0 Å². The number of allylic oxidation sites excluding steroid dienone is 1. The first-order chi connectivity index (χ1) is 16.8. The van der Waals surface area contributed by atoms with E-state index in [1.165, 1.54) is 12.1 Å². The van der Waals surface area contributed by atoms with Gasteiger partial charge in [0.2, 0.25) is 11.8 Å². The fraction of sp³-hybridized carbons (Fsp3) is 0.308. The van der Waals surface area contributed by atoms with E-state index < -0.39 is 21.3 Å². The number of carbonyl (C=O) groups excluding carboxylic acids is 2. The van der Waals surface area contributed by atoms with Gasteiger partial charge in [0.1, 0.15) is 12.4 Å². The van der Waals surface area contributed by atoms with Crippen molar-refractivity contribution in [3.8, 4) is 5.75 Å². The third-order valence-electron chi connectivity index (χ3n) is 6.54. The topological polar surface area (TPSA) is 114 Å². The molecule has 3 N–H and O–H groups in total. The van der Waals surface area contributed by atoms with Crippen molar-refractivity contribution in [2.75, 3.05) is 13.1 Å². The average Bonchev–Trinajstić information content (AvgIpc) is 3.36. The van der Waals surface area contributed by atoms with Gasteiger partial charge in [-0.15, -0.1) is 6.58 Å². The van der Waals surface area contributed by atoms with Crippen molar-refractivity contribution in [3.63, 3.8) is 0 Å². The van der Waals surface area contributed by atoms with E-state index in [2.05, 4.69) is 28.5 Å². The summed E-state index contributed by atoms with van der Waals surface area (Å²) < 4.78 is 34.0. The summed E-state index contributed by atoms with van der Waals surface area (Å²) in [7, 11) is -4.20. The van der Waals surface area contributed by atoms with Gasteiger partial charge in [-0.3, -0.25) is 9.59 Å². The second kappa shape index (κ2) is 10.1. The fourth-order valence-corrected chi connectivity index (χ4v) is 5.38. The third kappa shape index (κ3) is 5.31. The molecule has 9 heteroatoms. The van der Waals surface area contributed by atoms with E-state index >= 15 is 0 Å². The van der Waals surface area contributed by atoms with Crippen molar-refractivity contribution < 1.29 is 22.7 Å². The molecule has 0 bridgehead atoms. The van der Waals surface area contributed by atoms with E-state index in [0.717, 1.165) is 12.1 Å². The summed E-state index contributed by atoms with van der Waals surface area (Å²) in [6.07, 6.45) is 2.60. The lowest BCUT2D eigenvalue weighted by atomic mass is 9.98. The molecule has 0 unspecified atom stereocenters. The Morgan fingerprint density at radius 2 is 1.94 bits per heavy atom. The van der Waals surface area contributed by atoms with Crippen LogP contribution in [0.25, 0.3) is 0 Å². The zero-order valence-corrected chi connectivity index (χ0v) is 20.1. The van der Waals surface area contributed by atoms with Crippen molar-refractivity contribution in [1.82, 2.24) is 15.4 Å². The predicted octanol–water partition coefficient (Wildman–Crippen LogP) is 2.50. The second-order valence-electron chi connectivity index (χ2n) is 8.86. The molecular formula is C26H29N3O5S. The highest BCUT2D eigenvalue weighted by atomic mass is 32.2. The molecule has 0 aromatic heterocycles. The van der Waals surface area contributed by atoms with Crippen molar-refractivity contribution in [2.24, 2.45) is 17.3 Å². The molecule has 1 aliphatic carbocycles. The average molecular weight is 496 g/mol. The molecule has 35 heavy (non-hydrogen) atoms. The number of ether oxygens (including phenoxy) is 1. The summed E-state index contributed by atoms with van der Waals surface area (Å²) in [5.41, 5.74) is -0.126. The first kappa shape index (κ1) is 24.7. The molecule has 2 aliphatic rings. The minimum atomic E-state index is -4.20. The smallest absolute Gasteiger partial charge is 0.264 e. The number of hydrogen-bond donors (Lipinski definition) is 3. The van der Waals surface area contributed by atoms with Gasteiger partial charge >= 0.3 is 0 Å². The van der Waals surface area contributed by atoms with E-state index in [4.69, 9.17) is 4.74 Å². The van der Waals surface area contributed by atoms with E-state index in [1.54, 1.807) is 18.2 Å². The lowest BCUT2D eigenvalue weighted by Gasteiger charge is -2.21. The van der Waals surface area contributed by atoms with Crippen LogP contribution in [-0.4, -0.2) is 33.3 Å². The highest BCUT2D eigenvalue weighted by Gasteiger charge is 2.61. The van der Waals surface area contributed by atoms with Gasteiger partial charge in [-0.2, -0.15) is 0 Å². The van der Waals surface area contributed by atoms with E-state index in [-0.39, 0.29) is 34.9 Å². The van der Waals surface area contributed by atoms with Crippen LogP contribution < -0.4 is 20.1 Å². The first-order valence-electron chi connectivity index (χ1n) is 11.4. The largest absolute Gasteiger partial charge is 0.489 e. The molecule has 3 atom stereocenters. The van der Waals surface area contributed by atoms with Crippen LogP contribution in [0.3, 0.4) is 0 Å². The van der Waals surface area contributed by atoms with Gasteiger partial charge in [0, 0.05) is 18.3 Å². The van der Waals surface area contributed by atoms with Crippen molar-refractivity contribution in [2.45, 2.75) is 24.3 Å². The van der Waals surface area contributed by atoms with Gasteiger partial charge < -0.3 is 15.4 Å². The number of nitrogens with one attached hydrogen (secondary N) is 3. The van der Waals surface area contributed by atoms with Gasteiger partial charge in [-0.1, -0.05) is 49.1 Å². The van der Waals surface area contributed by atoms with Crippen LogP contribution in [0.1, 0.15) is 18.4 Å². The number of rotatable bonds is 10. The number of hydrogen-bond acceptors (Lipinski definition) is 6. The van der Waals surface area contributed by atoms with E-state index in [9.17, 15) is 18.0 Å². The summed E-state index contributed by atoms with van der Waals surface area (Å²) in [5.74, 6) is -1.15. The van der Waals surface area contributed by atoms with Crippen LogP contribution in [0.15, 0.2) is 84.4 Å². The molecule has 0 spiro atoms. The molecule has 2 fully saturated rings. The van der Waals surface area contributed by atoms with Crippen LogP contribution in [0, 0.1) is 17.3 Å². The lowest BCUT2D eigenvalue weighted by molar-refractivity contribution is -0.125. The Labute approximate surface area is 205 Å². The summed E-state index contributed by atoms with van der Waals surface area (Å²) in [5, 5.41) is 5.86. The lowest BCUT2D eigenvalue weighted by Crippen LogP contribution is -2.43. The van der Waals surface area contributed by atoms with Crippen molar-refractivity contribution in [3.05, 3.63) is 85.1 Å². The molecule has 2 amide bonds. The van der Waals surface area contributed by atoms with E-state index in [1.807, 2.05) is 30.3 Å². The normalized spacial score (nSPS) is 23.2. The quantitative estimate of drug-likeness (QED) is 0.437. The Balaban J connectivity index is 1.45. The fourth-order valence-electron chi connectivity index (χ4n) is 4.30. The zero-order valence-electron chi connectivity index (χ0n) is 19.3. The minimum absolute atomic E-state index is 0.103. The second-order valence-corrected chi connectivity index (χ2v) is 10.5. The monoisotopic (exact) mass is 495 g/mol. The van der Waals surface area contributed by atoms with E-state index in [0.29, 0.717) is 25.1 Å². The predicted molar refractivity (Wildman–Crippen MR) is 132 cm³/mol. The Morgan fingerprint density at radius 1 is 1.17 bits per heavy atom. The Bertz CT molecular complexity index is 1240.